The summed E-state index contributed by atoms with van der Waals surface area (Å²) in [4.78, 5) is 13.5. The Balaban J connectivity index is 0.000000126. The summed E-state index contributed by atoms with van der Waals surface area (Å²) in [5.41, 5.74) is 1.67. The molecule has 2 bridgehead atoms. The molecule has 5 aliphatic rings. The van der Waals surface area contributed by atoms with Gasteiger partial charge in [-0.25, -0.2) is 0 Å². The van der Waals surface area contributed by atoms with Gasteiger partial charge in [0, 0.05) is 23.3 Å². The van der Waals surface area contributed by atoms with E-state index in [0.717, 1.165) is 23.1 Å². The molecule has 4 heteroatoms. The molecule has 2 saturated carbocycles. The van der Waals surface area contributed by atoms with Crippen molar-refractivity contribution < 1.29 is 24.3 Å². The van der Waals surface area contributed by atoms with Crippen molar-refractivity contribution in [2.75, 3.05) is 0 Å². The molecule has 359 valence electrons. The molecule has 5 radical (unpaired) electrons. The third-order valence-corrected chi connectivity index (χ3v) is 19.0. The van der Waals surface area contributed by atoms with Crippen LogP contribution in [0.5, 0.6) is 0 Å². The van der Waals surface area contributed by atoms with Crippen LogP contribution in [0.2, 0.25) is 0 Å². The van der Waals surface area contributed by atoms with Crippen LogP contribution in [0.15, 0.2) is 291 Å². The Labute approximate surface area is 455 Å². The van der Waals surface area contributed by atoms with E-state index in [9.17, 15) is 4.79 Å². The summed E-state index contributed by atoms with van der Waals surface area (Å²) in [6, 6.07) is 84.5. The van der Waals surface area contributed by atoms with E-state index in [2.05, 4.69) is 250 Å². The summed E-state index contributed by atoms with van der Waals surface area (Å²) >= 11 is 0. The number of benzene rings is 8. The van der Waals surface area contributed by atoms with Crippen LogP contribution < -0.4 is 31.8 Å². The van der Waals surface area contributed by atoms with Crippen molar-refractivity contribution >= 4 is 53.5 Å². The number of hydrogen-bond acceptors (Lipinski definition) is 1. The van der Waals surface area contributed by atoms with Gasteiger partial charge in [0.2, 0.25) is 0 Å². The number of Topliss-reactive ketones (excluding diaryl/α,β-unsaturated/α-hetero) is 1. The molecule has 0 aromatic heterocycles. The fourth-order valence-electron chi connectivity index (χ4n) is 10.7. The summed E-state index contributed by atoms with van der Waals surface area (Å²) in [5, 5.41) is 8.39. The van der Waals surface area contributed by atoms with Crippen molar-refractivity contribution in [1.29, 1.82) is 0 Å². The predicted octanol–water partition coefficient (Wildman–Crippen LogP) is 13.3. The first-order chi connectivity index (χ1) is 36.1. The maximum absolute atomic E-state index is 13.5. The van der Waals surface area contributed by atoms with E-state index in [4.69, 9.17) is 6.42 Å². The topological polar surface area (TPSA) is 17.1 Å². The second kappa shape index (κ2) is 25.6. The number of fused-ring (bicyclic) bond motifs is 6. The zero-order chi connectivity index (χ0) is 49.7. The van der Waals surface area contributed by atoms with Crippen LogP contribution in [0.1, 0.15) is 17.5 Å². The average Bonchev–Trinajstić information content (AvgIpc) is 4.30. The SMILES string of the molecule is [C-]#CC(C1=C[C@@H]2[C@H](C1=O)[C@H]1C=C[C@@H]2C1)(c1ccccc1)c1ccccc1.[CH]1[CH][C]2C=CC=C[C]2[CH]1.[Ru+2].c1ccc(P(c2ccccc2)c2ccccc2)cc1.c1ccc(P(c2ccccc2)c2ccccc2)cc1. The van der Waals surface area contributed by atoms with Crippen molar-refractivity contribution in [2.45, 2.75) is 11.8 Å². The second-order valence-corrected chi connectivity index (χ2v) is 22.9. The number of rotatable bonds is 9. The number of carbonyl (C=O) groups is 1. The Morgan fingerprint density at radius 1 is 0.432 bits per heavy atom. The van der Waals surface area contributed by atoms with Crippen LogP contribution in [-0.4, -0.2) is 5.78 Å². The van der Waals surface area contributed by atoms with Crippen LogP contribution in [0.3, 0.4) is 0 Å². The van der Waals surface area contributed by atoms with Crippen molar-refractivity contribution in [3.8, 4) is 5.92 Å². The maximum atomic E-state index is 13.5. The maximum Gasteiger partial charge on any atom is 2.00 e. The molecule has 0 unspecified atom stereocenters. The third kappa shape index (κ3) is 11.7. The first-order valence-electron chi connectivity index (χ1n) is 25.1. The second-order valence-electron chi connectivity index (χ2n) is 18.4. The van der Waals surface area contributed by atoms with E-state index in [0.29, 0.717) is 11.8 Å². The van der Waals surface area contributed by atoms with Gasteiger partial charge in [-0.3, -0.25) is 4.79 Å². The van der Waals surface area contributed by atoms with Crippen molar-refractivity contribution in [3.05, 3.63) is 339 Å². The molecule has 0 N–H and O–H groups in total. The molecule has 8 aromatic rings. The van der Waals surface area contributed by atoms with E-state index in [1.54, 1.807) is 0 Å². The monoisotopic (exact) mass is 1080 g/mol. The molecule has 0 amide bonds. The van der Waals surface area contributed by atoms with Gasteiger partial charge < -0.3 is 12.3 Å². The Bertz CT molecular complexity index is 2810. The summed E-state index contributed by atoms with van der Waals surface area (Å²) in [7, 11) is -0.892. The molecule has 4 atom stereocenters. The Kier molecular flexibility index (Phi) is 18.1. The minimum absolute atomic E-state index is 0. The summed E-state index contributed by atoms with van der Waals surface area (Å²) in [6.45, 7) is 0. The van der Waals surface area contributed by atoms with E-state index in [1.807, 2.05) is 60.7 Å². The molecule has 13 rings (SSSR count). The summed E-state index contributed by atoms with van der Waals surface area (Å²) < 4.78 is 0. The fourth-order valence-corrected chi connectivity index (χ4v) is 15.3. The van der Waals surface area contributed by atoms with Gasteiger partial charge in [0.05, 0.1) is 5.41 Å². The first-order valence-corrected chi connectivity index (χ1v) is 27.8. The van der Waals surface area contributed by atoms with Gasteiger partial charge in [0.25, 0.3) is 0 Å². The van der Waals surface area contributed by atoms with Gasteiger partial charge in [-0.2, -0.15) is 0 Å². The molecule has 0 aliphatic heterocycles. The van der Waals surface area contributed by atoms with Gasteiger partial charge >= 0.3 is 19.5 Å². The van der Waals surface area contributed by atoms with E-state index < -0.39 is 21.3 Å². The van der Waals surface area contributed by atoms with Gasteiger partial charge in [-0.15, -0.1) is 0 Å². The normalized spacial score (nSPS) is 18.8. The molecular weight excluding hydrogens is 1020 g/mol. The van der Waals surface area contributed by atoms with Crippen molar-refractivity contribution in [3.63, 3.8) is 0 Å². The van der Waals surface area contributed by atoms with Gasteiger partial charge in [0.1, 0.15) is 0 Å². The van der Waals surface area contributed by atoms with Crippen LogP contribution in [0.25, 0.3) is 0 Å². The van der Waals surface area contributed by atoms with Crippen LogP contribution in [-0.2, 0) is 29.7 Å². The Morgan fingerprint density at radius 2 is 0.743 bits per heavy atom. The Hall–Kier alpha value is -6.57. The molecule has 0 spiro atoms. The molecular formula is C70H56OP2Ru+. The number of carbonyl (C=O) groups excluding carboxylic acids is 1. The Morgan fingerprint density at radius 3 is 1.05 bits per heavy atom. The minimum atomic E-state index is -0.927. The van der Waals surface area contributed by atoms with E-state index in [-0.39, 0.29) is 37.1 Å². The fraction of sp³-hybridized carbons (Fsp3) is 0.0857. The standard InChI is InChI=1S/C25H19O.2C18H15P.C9H7.Ru/c1-2-25(19-9-5-3-6-10-19,20-11-7-4-8-12-20)22-16-21-17-13-14-18(15-17)23(21)24(22)26;2*1-4-10-16(11-5-1)19(17-12-6-2-7-13-17)18-14-8-3-9-15-18;1-2-5-9-7-3-6-8(9)4-1;/h3-14,16-18,21,23H,15H2;2*1-15H;1-7H;/q-1;;;;+2/t17-,18+,21+,23-;;;;/m1..../s1. The average molecular weight is 1080 g/mol. The van der Waals surface area contributed by atoms with Crippen molar-refractivity contribution in [1.82, 2.24) is 0 Å². The number of ketones is 1. The third-order valence-electron chi connectivity index (χ3n) is 14.1. The smallest absolute Gasteiger partial charge is 0.692 e. The quantitative estimate of drug-likeness (QED) is 0.0463. The van der Waals surface area contributed by atoms with Gasteiger partial charge in [-0.1, -0.05) is 285 Å². The minimum Gasteiger partial charge on any atom is -0.692 e. The molecule has 0 saturated heterocycles. The molecule has 1 nitrogen and oxygen atoms in total. The van der Waals surface area contributed by atoms with Gasteiger partial charge in [-0.05, 0) is 102 Å². The van der Waals surface area contributed by atoms with Gasteiger partial charge in [0.15, 0.2) is 5.78 Å². The van der Waals surface area contributed by atoms with Crippen molar-refractivity contribution in [2.24, 2.45) is 23.7 Å². The summed E-state index contributed by atoms with van der Waals surface area (Å²) in [5.74, 6) is 6.85. The van der Waals surface area contributed by atoms with E-state index >= 15 is 0 Å². The molecule has 0 heterocycles. The van der Waals surface area contributed by atoms with Crippen LogP contribution in [0.4, 0.5) is 0 Å². The molecule has 74 heavy (non-hydrogen) atoms. The van der Waals surface area contributed by atoms with E-state index in [1.165, 1.54) is 43.7 Å². The largest absolute Gasteiger partial charge is 2.00 e. The van der Waals surface area contributed by atoms with Crippen LogP contribution in [0, 0.1) is 67.1 Å². The zero-order valence-corrected chi connectivity index (χ0v) is 44.6. The first kappa shape index (κ1) is 52.3. The molecule has 5 aliphatic carbocycles. The summed E-state index contributed by atoms with van der Waals surface area (Å²) in [6.07, 6.45) is 30.7. The number of allylic oxidation sites excluding steroid dienone is 8. The van der Waals surface area contributed by atoms with Crippen LogP contribution >= 0.6 is 15.8 Å². The zero-order valence-electron chi connectivity index (χ0n) is 41.0. The molecule has 8 aromatic carbocycles. The predicted molar refractivity (Wildman–Crippen MR) is 310 cm³/mol. The number of hydrogen-bond donors (Lipinski definition) is 0. The molecule has 2 fully saturated rings.